The highest BCUT2D eigenvalue weighted by molar-refractivity contribution is 5.29. The van der Waals surface area contributed by atoms with Crippen molar-refractivity contribution in [2.45, 2.75) is 32.2 Å². The summed E-state index contributed by atoms with van der Waals surface area (Å²) >= 11 is 0. The van der Waals surface area contributed by atoms with E-state index in [0.717, 1.165) is 12.0 Å². The summed E-state index contributed by atoms with van der Waals surface area (Å²) in [7, 11) is 0. The van der Waals surface area contributed by atoms with Crippen molar-refractivity contribution in [1.82, 2.24) is 0 Å². The summed E-state index contributed by atoms with van der Waals surface area (Å²) in [5.74, 6) is 0.572. The van der Waals surface area contributed by atoms with Gasteiger partial charge in [-0.05, 0) is 23.5 Å². The van der Waals surface area contributed by atoms with Gasteiger partial charge in [0, 0.05) is 0 Å². The Labute approximate surface area is 85.4 Å². The Kier molecular flexibility index (Phi) is 3.67. The zero-order valence-electron chi connectivity index (χ0n) is 8.70. The molecule has 0 aliphatic heterocycles. The Morgan fingerprint density at radius 1 is 1.29 bits per heavy atom. The van der Waals surface area contributed by atoms with E-state index in [0.29, 0.717) is 5.92 Å². The molecule has 0 heterocycles. The van der Waals surface area contributed by atoms with Crippen LogP contribution >= 0.6 is 0 Å². The summed E-state index contributed by atoms with van der Waals surface area (Å²) in [6.07, 6.45) is 1.13. The minimum atomic E-state index is -0.499. The summed E-state index contributed by atoms with van der Waals surface area (Å²) in [5.41, 5.74) is 7.79. The fourth-order valence-electron chi connectivity index (χ4n) is 1.34. The molecule has 2 heteroatoms. The summed E-state index contributed by atoms with van der Waals surface area (Å²) in [6, 6.07) is 9.51. The maximum Gasteiger partial charge on any atom is 0.118 e. The lowest BCUT2D eigenvalue weighted by atomic mass is 9.96. The smallest absolute Gasteiger partial charge is 0.118 e. The quantitative estimate of drug-likeness (QED) is 0.792. The Morgan fingerprint density at radius 2 is 1.79 bits per heavy atom. The Bertz CT molecular complexity index is 321. The van der Waals surface area contributed by atoms with E-state index in [1.54, 1.807) is 0 Å². The van der Waals surface area contributed by atoms with Crippen LogP contribution in [0.3, 0.4) is 0 Å². The largest absolute Gasteiger partial charge is 0.312 e. The molecule has 0 aliphatic carbocycles. The van der Waals surface area contributed by atoms with E-state index >= 15 is 0 Å². The van der Waals surface area contributed by atoms with Crippen LogP contribution in [-0.4, -0.2) is 0 Å². The summed E-state index contributed by atoms with van der Waals surface area (Å²) in [6.45, 7) is 4.36. The molecule has 74 valence electrons. The van der Waals surface area contributed by atoms with Gasteiger partial charge < -0.3 is 5.73 Å². The van der Waals surface area contributed by atoms with Crippen LogP contribution in [0.25, 0.3) is 0 Å². The third-order valence-corrected chi connectivity index (χ3v) is 2.62. The topological polar surface area (TPSA) is 49.8 Å². The van der Waals surface area contributed by atoms with Crippen LogP contribution in [-0.2, 0) is 0 Å². The van der Waals surface area contributed by atoms with Crippen molar-refractivity contribution in [2.24, 2.45) is 5.73 Å². The summed E-state index contributed by atoms with van der Waals surface area (Å²) < 4.78 is 0. The second-order valence-electron chi connectivity index (χ2n) is 3.58. The van der Waals surface area contributed by atoms with Gasteiger partial charge in [-0.2, -0.15) is 5.26 Å². The van der Waals surface area contributed by atoms with Crippen LogP contribution in [0.5, 0.6) is 0 Å². The molecule has 2 nitrogen and oxygen atoms in total. The fraction of sp³-hybridized carbons (Fsp3) is 0.417. The SMILES string of the molecule is CCC(C)c1ccc(C(N)C#N)cc1. The van der Waals surface area contributed by atoms with Gasteiger partial charge >= 0.3 is 0 Å². The van der Waals surface area contributed by atoms with Crippen LogP contribution in [0.15, 0.2) is 24.3 Å². The van der Waals surface area contributed by atoms with Crippen molar-refractivity contribution in [2.75, 3.05) is 0 Å². The summed E-state index contributed by atoms with van der Waals surface area (Å²) in [4.78, 5) is 0. The number of rotatable bonds is 3. The lowest BCUT2D eigenvalue weighted by molar-refractivity contribution is 0.732. The molecule has 0 aromatic heterocycles. The molecular weight excluding hydrogens is 172 g/mol. The zero-order chi connectivity index (χ0) is 10.6. The van der Waals surface area contributed by atoms with Crippen molar-refractivity contribution >= 4 is 0 Å². The lowest BCUT2D eigenvalue weighted by Gasteiger charge is -2.10. The van der Waals surface area contributed by atoms with Gasteiger partial charge in [0.05, 0.1) is 6.07 Å². The van der Waals surface area contributed by atoms with E-state index < -0.39 is 6.04 Å². The van der Waals surface area contributed by atoms with Crippen molar-refractivity contribution in [3.63, 3.8) is 0 Å². The van der Waals surface area contributed by atoms with E-state index in [1.165, 1.54) is 5.56 Å². The highest BCUT2D eigenvalue weighted by atomic mass is 14.6. The van der Waals surface area contributed by atoms with Crippen molar-refractivity contribution in [1.29, 1.82) is 5.26 Å². The first kappa shape index (κ1) is 10.7. The first-order valence-electron chi connectivity index (χ1n) is 4.94. The van der Waals surface area contributed by atoms with E-state index in [-0.39, 0.29) is 0 Å². The minimum absolute atomic E-state index is 0.499. The average Bonchev–Trinajstić information content (AvgIpc) is 2.27. The molecular formula is C12H16N2. The van der Waals surface area contributed by atoms with Gasteiger partial charge in [-0.25, -0.2) is 0 Å². The van der Waals surface area contributed by atoms with Crippen molar-refractivity contribution in [3.05, 3.63) is 35.4 Å². The van der Waals surface area contributed by atoms with Crippen LogP contribution in [0.2, 0.25) is 0 Å². The first-order chi connectivity index (χ1) is 6.69. The molecule has 0 spiro atoms. The molecule has 0 saturated carbocycles. The molecule has 14 heavy (non-hydrogen) atoms. The molecule has 2 atom stereocenters. The van der Waals surface area contributed by atoms with E-state index in [4.69, 9.17) is 11.0 Å². The maximum absolute atomic E-state index is 8.64. The minimum Gasteiger partial charge on any atom is -0.312 e. The van der Waals surface area contributed by atoms with Crippen LogP contribution in [0.4, 0.5) is 0 Å². The molecule has 0 bridgehead atoms. The Morgan fingerprint density at radius 3 is 2.21 bits per heavy atom. The molecule has 0 saturated heterocycles. The predicted octanol–water partition coefficient (Wildman–Crippen LogP) is 2.72. The van der Waals surface area contributed by atoms with Gasteiger partial charge in [-0.3, -0.25) is 0 Å². The average molecular weight is 188 g/mol. The van der Waals surface area contributed by atoms with Gasteiger partial charge in [0.1, 0.15) is 6.04 Å². The molecule has 0 radical (unpaired) electrons. The normalized spacial score (nSPS) is 14.4. The molecule has 1 aromatic carbocycles. The van der Waals surface area contributed by atoms with Gasteiger partial charge in [0.15, 0.2) is 0 Å². The highest BCUT2D eigenvalue weighted by Crippen LogP contribution is 2.20. The number of hydrogen-bond acceptors (Lipinski definition) is 2. The van der Waals surface area contributed by atoms with E-state index in [2.05, 4.69) is 26.0 Å². The molecule has 0 amide bonds. The van der Waals surface area contributed by atoms with Crippen LogP contribution in [0, 0.1) is 11.3 Å². The zero-order valence-corrected chi connectivity index (χ0v) is 8.70. The van der Waals surface area contributed by atoms with Gasteiger partial charge in [0.2, 0.25) is 0 Å². The van der Waals surface area contributed by atoms with Crippen LogP contribution in [0.1, 0.15) is 43.4 Å². The molecule has 2 N–H and O–H groups in total. The molecule has 2 unspecified atom stereocenters. The Hall–Kier alpha value is -1.33. The standard InChI is InChI=1S/C12H16N2/c1-3-9(2)10-4-6-11(7-5-10)12(14)8-13/h4-7,9,12H,3,14H2,1-2H3. The third kappa shape index (κ3) is 2.34. The van der Waals surface area contributed by atoms with Gasteiger partial charge in [-0.15, -0.1) is 0 Å². The first-order valence-corrected chi connectivity index (χ1v) is 4.94. The molecule has 0 fully saturated rings. The van der Waals surface area contributed by atoms with E-state index in [9.17, 15) is 0 Å². The number of nitriles is 1. The second-order valence-corrected chi connectivity index (χ2v) is 3.58. The Balaban J connectivity index is 2.84. The van der Waals surface area contributed by atoms with Crippen molar-refractivity contribution in [3.8, 4) is 6.07 Å². The van der Waals surface area contributed by atoms with Crippen molar-refractivity contribution < 1.29 is 0 Å². The number of nitrogens with two attached hydrogens (primary N) is 1. The third-order valence-electron chi connectivity index (χ3n) is 2.62. The van der Waals surface area contributed by atoms with Gasteiger partial charge in [-0.1, -0.05) is 38.1 Å². The fourth-order valence-corrected chi connectivity index (χ4v) is 1.34. The predicted molar refractivity (Wildman–Crippen MR) is 57.7 cm³/mol. The maximum atomic E-state index is 8.64. The highest BCUT2D eigenvalue weighted by Gasteiger charge is 2.05. The number of nitrogens with zero attached hydrogens (tertiary/aromatic N) is 1. The van der Waals surface area contributed by atoms with Crippen LogP contribution < -0.4 is 5.73 Å². The molecule has 0 aliphatic rings. The second kappa shape index (κ2) is 4.78. The van der Waals surface area contributed by atoms with E-state index in [1.807, 2.05) is 18.2 Å². The number of benzene rings is 1. The van der Waals surface area contributed by atoms with Gasteiger partial charge in [0.25, 0.3) is 0 Å². The molecule has 1 rings (SSSR count). The molecule has 1 aromatic rings. The monoisotopic (exact) mass is 188 g/mol. The summed E-state index contributed by atoms with van der Waals surface area (Å²) in [5, 5.41) is 8.64. The lowest BCUT2D eigenvalue weighted by Crippen LogP contribution is -2.07. The number of hydrogen-bond donors (Lipinski definition) is 1.